The normalized spacial score (nSPS) is 10.7. The van der Waals surface area contributed by atoms with Crippen LogP contribution in [-0.2, 0) is 25.2 Å². The monoisotopic (exact) mass is 293 g/mol. The van der Waals surface area contributed by atoms with Crippen molar-refractivity contribution < 1.29 is 0 Å². The Hall–Kier alpha value is -1.16. The van der Waals surface area contributed by atoms with Crippen LogP contribution in [-0.4, -0.2) is 14.8 Å². The molecule has 0 spiro atoms. The molecule has 90 valence electrons. The van der Waals surface area contributed by atoms with Gasteiger partial charge >= 0.3 is 0 Å². The summed E-state index contributed by atoms with van der Waals surface area (Å²) in [5.74, 6) is 2.05. The lowest BCUT2D eigenvalue weighted by Crippen LogP contribution is -2.01. The van der Waals surface area contributed by atoms with Crippen LogP contribution in [0.5, 0.6) is 0 Å². The van der Waals surface area contributed by atoms with Gasteiger partial charge in [-0.1, -0.05) is 46.3 Å². The lowest BCUT2D eigenvalue weighted by Gasteiger charge is -2.02. The van der Waals surface area contributed by atoms with E-state index in [9.17, 15) is 0 Å². The summed E-state index contributed by atoms with van der Waals surface area (Å²) in [6, 6.07) is 10.6. The third-order valence-corrected chi connectivity index (χ3v) is 3.38. The number of aryl methyl sites for hydroxylation is 2. The molecule has 2 rings (SSSR count). The van der Waals surface area contributed by atoms with Gasteiger partial charge < -0.3 is 4.57 Å². The Labute approximate surface area is 110 Å². The van der Waals surface area contributed by atoms with Crippen molar-refractivity contribution in [3.63, 3.8) is 0 Å². The molecule has 0 aliphatic carbocycles. The maximum atomic E-state index is 4.20. The summed E-state index contributed by atoms with van der Waals surface area (Å²) in [4.78, 5) is 0. The smallest absolute Gasteiger partial charge is 0.143 e. The van der Waals surface area contributed by atoms with Gasteiger partial charge in [-0.05, 0) is 18.4 Å². The van der Waals surface area contributed by atoms with E-state index in [1.807, 2.05) is 7.05 Å². The number of aromatic nitrogens is 3. The van der Waals surface area contributed by atoms with E-state index in [1.165, 1.54) is 5.56 Å². The highest BCUT2D eigenvalue weighted by atomic mass is 79.9. The van der Waals surface area contributed by atoms with E-state index in [-0.39, 0.29) is 0 Å². The molecule has 0 aliphatic heterocycles. The van der Waals surface area contributed by atoms with Crippen LogP contribution in [0.4, 0.5) is 0 Å². The van der Waals surface area contributed by atoms with Crippen molar-refractivity contribution in [1.82, 2.24) is 14.8 Å². The van der Waals surface area contributed by atoms with Crippen LogP contribution in [0.15, 0.2) is 30.3 Å². The highest BCUT2D eigenvalue weighted by Gasteiger charge is 2.06. The Bertz CT molecular complexity index is 465. The predicted octanol–water partition coefficient (Wildman–Crippen LogP) is 2.89. The molecule has 1 aromatic carbocycles. The first kappa shape index (κ1) is 12.3. The van der Waals surface area contributed by atoms with Crippen LogP contribution in [0, 0.1) is 0 Å². The summed E-state index contributed by atoms with van der Waals surface area (Å²) in [5, 5.41) is 9.09. The topological polar surface area (TPSA) is 30.7 Å². The number of alkyl halides is 1. The lowest BCUT2D eigenvalue weighted by molar-refractivity contribution is 0.713. The lowest BCUT2D eigenvalue weighted by atomic mass is 10.1. The second-order valence-electron chi connectivity index (χ2n) is 4.06. The molecular weight excluding hydrogens is 278 g/mol. The van der Waals surface area contributed by atoms with Gasteiger partial charge in [0, 0.05) is 13.5 Å². The second-order valence-corrected chi connectivity index (χ2v) is 4.62. The summed E-state index contributed by atoms with van der Waals surface area (Å²) in [6.07, 6.45) is 3.18. The summed E-state index contributed by atoms with van der Waals surface area (Å²) in [5.41, 5.74) is 1.38. The average Bonchev–Trinajstić information content (AvgIpc) is 2.72. The Morgan fingerprint density at radius 1 is 1.06 bits per heavy atom. The number of hydrogen-bond donors (Lipinski definition) is 0. The summed E-state index contributed by atoms with van der Waals surface area (Å²) >= 11 is 3.40. The van der Waals surface area contributed by atoms with Gasteiger partial charge in [0.15, 0.2) is 0 Å². The molecule has 0 saturated carbocycles. The van der Waals surface area contributed by atoms with Gasteiger partial charge in [-0.2, -0.15) is 0 Å². The molecule has 2 aromatic rings. The summed E-state index contributed by atoms with van der Waals surface area (Å²) in [7, 11) is 2.02. The summed E-state index contributed by atoms with van der Waals surface area (Å²) in [6.45, 7) is 0. The number of nitrogens with zero attached hydrogens (tertiary/aromatic N) is 3. The second kappa shape index (κ2) is 5.96. The molecule has 0 radical (unpaired) electrons. The molecule has 0 atom stereocenters. The van der Waals surface area contributed by atoms with E-state index in [4.69, 9.17) is 0 Å². The molecule has 1 aromatic heterocycles. The Balaban J connectivity index is 1.88. The molecular formula is C13H16BrN3. The van der Waals surface area contributed by atoms with Gasteiger partial charge in [0.05, 0.1) is 5.33 Å². The maximum absolute atomic E-state index is 4.20. The van der Waals surface area contributed by atoms with Gasteiger partial charge in [-0.25, -0.2) is 0 Å². The third kappa shape index (κ3) is 3.16. The standard InChI is InChI=1S/C13H16BrN3/c1-17-12(15-16-13(17)10-14)9-5-8-11-6-3-2-4-7-11/h2-4,6-7H,5,8-10H2,1H3. The van der Waals surface area contributed by atoms with Crippen LogP contribution in [0.1, 0.15) is 23.6 Å². The van der Waals surface area contributed by atoms with E-state index >= 15 is 0 Å². The average molecular weight is 294 g/mol. The van der Waals surface area contributed by atoms with Crippen molar-refractivity contribution in [3.05, 3.63) is 47.5 Å². The molecule has 0 bridgehead atoms. The van der Waals surface area contributed by atoms with Crippen LogP contribution in [0.25, 0.3) is 0 Å². The highest BCUT2D eigenvalue weighted by molar-refractivity contribution is 9.08. The van der Waals surface area contributed by atoms with Crippen molar-refractivity contribution in [2.24, 2.45) is 7.05 Å². The van der Waals surface area contributed by atoms with Crippen molar-refractivity contribution >= 4 is 15.9 Å². The zero-order valence-corrected chi connectivity index (χ0v) is 11.5. The van der Waals surface area contributed by atoms with Crippen LogP contribution in [0.2, 0.25) is 0 Å². The number of rotatable bonds is 5. The van der Waals surface area contributed by atoms with Crippen molar-refractivity contribution in [1.29, 1.82) is 0 Å². The van der Waals surface area contributed by atoms with E-state index in [2.05, 4.69) is 61.0 Å². The number of halogens is 1. The zero-order chi connectivity index (χ0) is 12.1. The molecule has 0 fully saturated rings. The minimum absolute atomic E-state index is 0.759. The highest BCUT2D eigenvalue weighted by Crippen LogP contribution is 2.08. The van der Waals surface area contributed by atoms with Crippen molar-refractivity contribution in [2.45, 2.75) is 24.6 Å². The van der Waals surface area contributed by atoms with Gasteiger partial charge in [0.2, 0.25) is 0 Å². The van der Waals surface area contributed by atoms with Gasteiger partial charge in [0.1, 0.15) is 11.6 Å². The van der Waals surface area contributed by atoms with Gasteiger partial charge in [0.25, 0.3) is 0 Å². The van der Waals surface area contributed by atoms with Crippen LogP contribution >= 0.6 is 15.9 Å². The van der Waals surface area contributed by atoms with Gasteiger partial charge in [-0.15, -0.1) is 10.2 Å². The molecule has 0 unspecified atom stereocenters. The molecule has 0 saturated heterocycles. The molecule has 0 amide bonds. The Kier molecular flexibility index (Phi) is 4.31. The minimum atomic E-state index is 0.759. The minimum Gasteiger partial charge on any atom is -0.317 e. The fourth-order valence-electron chi connectivity index (χ4n) is 1.83. The molecule has 0 aliphatic rings. The SMILES string of the molecule is Cn1c(CBr)nnc1CCCc1ccccc1. The van der Waals surface area contributed by atoms with E-state index in [0.717, 1.165) is 36.2 Å². The number of hydrogen-bond acceptors (Lipinski definition) is 2. The van der Waals surface area contributed by atoms with Crippen molar-refractivity contribution in [3.8, 4) is 0 Å². The van der Waals surface area contributed by atoms with Crippen LogP contribution < -0.4 is 0 Å². The van der Waals surface area contributed by atoms with Crippen molar-refractivity contribution in [2.75, 3.05) is 0 Å². The predicted molar refractivity (Wildman–Crippen MR) is 72.1 cm³/mol. The molecule has 17 heavy (non-hydrogen) atoms. The fourth-order valence-corrected chi connectivity index (χ4v) is 2.32. The largest absolute Gasteiger partial charge is 0.317 e. The third-order valence-electron chi connectivity index (χ3n) is 2.88. The van der Waals surface area contributed by atoms with Gasteiger partial charge in [-0.3, -0.25) is 0 Å². The van der Waals surface area contributed by atoms with Crippen LogP contribution in [0.3, 0.4) is 0 Å². The molecule has 4 heteroatoms. The quantitative estimate of drug-likeness (QED) is 0.794. The molecule has 3 nitrogen and oxygen atoms in total. The zero-order valence-electron chi connectivity index (χ0n) is 9.93. The first-order valence-corrected chi connectivity index (χ1v) is 6.90. The van der Waals surface area contributed by atoms with E-state index in [1.54, 1.807) is 0 Å². The first-order valence-electron chi connectivity index (χ1n) is 5.78. The maximum Gasteiger partial charge on any atom is 0.143 e. The van der Waals surface area contributed by atoms with E-state index < -0.39 is 0 Å². The molecule has 1 heterocycles. The summed E-state index contributed by atoms with van der Waals surface area (Å²) < 4.78 is 2.07. The Morgan fingerprint density at radius 2 is 1.76 bits per heavy atom. The molecule has 0 N–H and O–H groups in total. The first-order chi connectivity index (χ1) is 8.31. The number of benzene rings is 1. The van der Waals surface area contributed by atoms with E-state index in [0.29, 0.717) is 0 Å². The fraction of sp³-hybridized carbons (Fsp3) is 0.385. The Morgan fingerprint density at radius 3 is 2.41 bits per heavy atom.